The third-order valence-corrected chi connectivity index (χ3v) is 1.49. The largest absolute Gasteiger partial charge is 0.262 e. The molecule has 0 atom stereocenters. The molecule has 1 rings (SSSR count). The maximum Gasteiger partial charge on any atom is 0.0649 e. The summed E-state index contributed by atoms with van der Waals surface area (Å²) in [7, 11) is 0. The zero-order valence-electron chi connectivity index (χ0n) is 5.64. The van der Waals surface area contributed by atoms with Crippen molar-refractivity contribution in [2.75, 3.05) is 5.33 Å². The van der Waals surface area contributed by atoms with Gasteiger partial charge in [-0.2, -0.15) is 0 Å². The van der Waals surface area contributed by atoms with Crippen LogP contribution in [0.2, 0.25) is 5.02 Å². The first kappa shape index (κ1) is 8.58. The Morgan fingerprint density at radius 2 is 2.36 bits per heavy atom. The van der Waals surface area contributed by atoms with Crippen molar-refractivity contribution in [3.63, 3.8) is 0 Å². The fourth-order valence-corrected chi connectivity index (χ4v) is 0.930. The van der Waals surface area contributed by atoms with Crippen LogP contribution in [0, 0.1) is 11.8 Å². The number of alkyl halides is 1. The molecule has 0 bridgehead atoms. The van der Waals surface area contributed by atoms with E-state index in [9.17, 15) is 0 Å². The Morgan fingerprint density at radius 1 is 1.55 bits per heavy atom. The standard InChI is InChI=1S/C8H5BrClN/c9-3-1-2-7-4-8(10)6-11-5-7/h4-6H,3H2. The van der Waals surface area contributed by atoms with Crippen molar-refractivity contribution in [2.45, 2.75) is 0 Å². The van der Waals surface area contributed by atoms with Crippen molar-refractivity contribution in [3.8, 4) is 11.8 Å². The van der Waals surface area contributed by atoms with Gasteiger partial charge in [0, 0.05) is 18.0 Å². The van der Waals surface area contributed by atoms with E-state index in [0.29, 0.717) is 10.4 Å². The third-order valence-electron chi connectivity index (χ3n) is 1.00. The van der Waals surface area contributed by atoms with E-state index >= 15 is 0 Å². The van der Waals surface area contributed by atoms with Crippen LogP contribution in [0.25, 0.3) is 0 Å². The first-order valence-electron chi connectivity index (χ1n) is 2.98. The molecule has 0 saturated carbocycles. The van der Waals surface area contributed by atoms with Gasteiger partial charge in [0.25, 0.3) is 0 Å². The Morgan fingerprint density at radius 3 is 3.00 bits per heavy atom. The number of halogens is 2. The van der Waals surface area contributed by atoms with Gasteiger partial charge in [-0.25, -0.2) is 0 Å². The molecular formula is C8H5BrClN. The molecule has 0 unspecified atom stereocenters. The average molecular weight is 230 g/mol. The van der Waals surface area contributed by atoms with Gasteiger partial charge in [0.2, 0.25) is 0 Å². The van der Waals surface area contributed by atoms with Crippen molar-refractivity contribution in [3.05, 3.63) is 29.0 Å². The molecule has 1 aromatic heterocycles. The summed E-state index contributed by atoms with van der Waals surface area (Å²) in [5.74, 6) is 5.75. The molecule has 1 nitrogen and oxygen atoms in total. The molecule has 0 aliphatic rings. The summed E-state index contributed by atoms with van der Waals surface area (Å²) in [5, 5.41) is 1.28. The molecule has 1 aromatic rings. The maximum atomic E-state index is 5.68. The molecule has 1 heterocycles. The Kier molecular flexibility index (Phi) is 3.41. The second kappa shape index (κ2) is 4.38. The molecule has 0 fully saturated rings. The highest BCUT2D eigenvalue weighted by Crippen LogP contribution is 2.06. The Balaban J connectivity index is 2.87. The molecule has 0 saturated heterocycles. The fourth-order valence-electron chi connectivity index (χ4n) is 0.616. The van der Waals surface area contributed by atoms with Gasteiger partial charge in [0.1, 0.15) is 0 Å². The third kappa shape index (κ3) is 2.92. The van der Waals surface area contributed by atoms with Crippen LogP contribution in [0.1, 0.15) is 5.56 Å². The van der Waals surface area contributed by atoms with E-state index in [2.05, 4.69) is 32.8 Å². The van der Waals surface area contributed by atoms with Gasteiger partial charge in [-0.05, 0) is 6.07 Å². The van der Waals surface area contributed by atoms with Crippen LogP contribution in [0.3, 0.4) is 0 Å². The molecule has 0 aromatic carbocycles. The Hall–Kier alpha value is -0.520. The lowest BCUT2D eigenvalue weighted by Gasteiger charge is -1.88. The molecule has 0 aliphatic carbocycles. The summed E-state index contributed by atoms with van der Waals surface area (Å²) in [5.41, 5.74) is 0.844. The van der Waals surface area contributed by atoms with E-state index < -0.39 is 0 Å². The monoisotopic (exact) mass is 229 g/mol. The molecule has 3 heteroatoms. The summed E-state index contributed by atoms with van der Waals surface area (Å²) in [6.07, 6.45) is 3.27. The lowest BCUT2D eigenvalue weighted by atomic mass is 10.3. The average Bonchev–Trinajstić information content (AvgIpc) is 2.01. The van der Waals surface area contributed by atoms with Crippen molar-refractivity contribution >= 4 is 27.5 Å². The van der Waals surface area contributed by atoms with Gasteiger partial charge >= 0.3 is 0 Å². The summed E-state index contributed by atoms with van der Waals surface area (Å²) in [6.45, 7) is 0. The second-order valence-corrected chi connectivity index (χ2v) is 2.82. The van der Waals surface area contributed by atoms with E-state index in [1.54, 1.807) is 18.5 Å². The molecule has 56 valence electrons. The van der Waals surface area contributed by atoms with E-state index in [4.69, 9.17) is 11.6 Å². The predicted octanol–water partition coefficient (Wildman–Crippen LogP) is 2.48. The highest BCUT2D eigenvalue weighted by Gasteiger charge is 1.88. The fraction of sp³-hybridized carbons (Fsp3) is 0.125. The SMILES string of the molecule is Clc1cncc(C#CCBr)c1. The number of hydrogen-bond acceptors (Lipinski definition) is 1. The van der Waals surface area contributed by atoms with E-state index in [-0.39, 0.29) is 0 Å². The summed E-state index contributed by atoms with van der Waals surface area (Å²) >= 11 is 8.88. The minimum atomic E-state index is 0.617. The van der Waals surface area contributed by atoms with Crippen LogP contribution >= 0.6 is 27.5 Å². The molecule has 0 N–H and O–H groups in total. The molecule has 0 amide bonds. The molecule has 0 spiro atoms. The lowest BCUT2D eigenvalue weighted by Crippen LogP contribution is -1.77. The first-order chi connectivity index (χ1) is 5.33. The molecular weight excluding hydrogens is 225 g/mol. The molecule has 11 heavy (non-hydrogen) atoms. The Bertz CT molecular complexity index is 300. The highest BCUT2D eigenvalue weighted by atomic mass is 79.9. The smallest absolute Gasteiger partial charge is 0.0649 e. The van der Waals surface area contributed by atoms with Gasteiger partial charge in [0.05, 0.1) is 10.4 Å². The normalized spacial score (nSPS) is 8.55. The first-order valence-corrected chi connectivity index (χ1v) is 4.48. The highest BCUT2D eigenvalue weighted by molar-refractivity contribution is 9.09. The minimum Gasteiger partial charge on any atom is -0.262 e. The summed E-state index contributed by atoms with van der Waals surface area (Å²) < 4.78 is 0. The Labute approximate surface area is 78.9 Å². The lowest BCUT2D eigenvalue weighted by molar-refractivity contribution is 1.31. The quantitative estimate of drug-likeness (QED) is 0.493. The number of pyridine rings is 1. The van der Waals surface area contributed by atoms with Crippen molar-refractivity contribution in [2.24, 2.45) is 0 Å². The number of aromatic nitrogens is 1. The van der Waals surface area contributed by atoms with Gasteiger partial charge < -0.3 is 0 Å². The van der Waals surface area contributed by atoms with Crippen LogP contribution < -0.4 is 0 Å². The van der Waals surface area contributed by atoms with Crippen LogP contribution in [-0.4, -0.2) is 10.3 Å². The summed E-state index contributed by atoms with van der Waals surface area (Å²) in [4.78, 5) is 3.89. The molecule has 0 aliphatic heterocycles. The van der Waals surface area contributed by atoms with Crippen LogP contribution in [-0.2, 0) is 0 Å². The number of hydrogen-bond donors (Lipinski definition) is 0. The van der Waals surface area contributed by atoms with E-state index in [1.165, 1.54) is 0 Å². The topological polar surface area (TPSA) is 12.9 Å². The molecule has 0 radical (unpaired) electrons. The van der Waals surface area contributed by atoms with Crippen molar-refractivity contribution in [1.29, 1.82) is 0 Å². The van der Waals surface area contributed by atoms with Crippen LogP contribution in [0.4, 0.5) is 0 Å². The summed E-state index contributed by atoms with van der Waals surface area (Å²) in [6, 6.07) is 1.78. The number of rotatable bonds is 0. The second-order valence-electron chi connectivity index (χ2n) is 1.83. The maximum absolute atomic E-state index is 5.68. The van der Waals surface area contributed by atoms with Gasteiger partial charge in [-0.3, -0.25) is 4.98 Å². The van der Waals surface area contributed by atoms with E-state index in [0.717, 1.165) is 5.56 Å². The van der Waals surface area contributed by atoms with Crippen molar-refractivity contribution in [1.82, 2.24) is 4.98 Å². The predicted molar refractivity (Wildman–Crippen MR) is 49.9 cm³/mol. The van der Waals surface area contributed by atoms with E-state index in [1.807, 2.05) is 0 Å². The van der Waals surface area contributed by atoms with Crippen LogP contribution in [0.5, 0.6) is 0 Å². The van der Waals surface area contributed by atoms with Gasteiger partial charge in [-0.1, -0.05) is 39.4 Å². The van der Waals surface area contributed by atoms with Gasteiger partial charge in [0.15, 0.2) is 0 Å². The van der Waals surface area contributed by atoms with Gasteiger partial charge in [-0.15, -0.1) is 0 Å². The number of nitrogens with zero attached hydrogens (tertiary/aromatic N) is 1. The zero-order valence-corrected chi connectivity index (χ0v) is 7.98. The minimum absolute atomic E-state index is 0.617. The van der Waals surface area contributed by atoms with Crippen LogP contribution in [0.15, 0.2) is 18.5 Å². The van der Waals surface area contributed by atoms with Crippen molar-refractivity contribution < 1.29 is 0 Å². The zero-order chi connectivity index (χ0) is 8.10.